The normalized spacial score (nSPS) is 15.4. The van der Waals surface area contributed by atoms with Crippen LogP contribution in [-0.4, -0.2) is 0 Å². The molecular weight excluding hydrogens is 627 g/mol. The van der Waals surface area contributed by atoms with Crippen molar-refractivity contribution < 1.29 is 0 Å². The summed E-state index contributed by atoms with van der Waals surface area (Å²) < 4.78 is 0. The maximum atomic E-state index is 2.48. The van der Waals surface area contributed by atoms with Crippen molar-refractivity contribution in [2.75, 3.05) is 4.90 Å². The van der Waals surface area contributed by atoms with E-state index in [1.807, 2.05) is 0 Å². The Kier molecular flexibility index (Phi) is 6.61. The maximum absolute atomic E-state index is 2.48. The summed E-state index contributed by atoms with van der Waals surface area (Å²) in [7, 11) is 0. The molecule has 0 atom stereocenters. The van der Waals surface area contributed by atoms with Crippen molar-refractivity contribution in [2.24, 2.45) is 0 Å². The van der Waals surface area contributed by atoms with Gasteiger partial charge in [-0.25, -0.2) is 0 Å². The Balaban J connectivity index is 1.14. The minimum absolute atomic E-state index is 0.406. The molecular formula is C51H39N. The third kappa shape index (κ3) is 4.23. The van der Waals surface area contributed by atoms with Gasteiger partial charge in [0.05, 0.1) is 5.41 Å². The summed E-state index contributed by atoms with van der Waals surface area (Å²) in [5, 5.41) is 5.14. The summed E-state index contributed by atoms with van der Waals surface area (Å²) in [6.45, 7) is 0. The number of hydrogen-bond acceptors (Lipinski definition) is 1. The molecule has 0 unspecified atom stereocenters. The first kappa shape index (κ1) is 29.8. The highest BCUT2D eigenvalue weighted by Gasteiger charge is 2.52. The van der Waals surface area contributed by atoms with Crippen LogP contribution >= 0.6 is 0 Å². The van der Waals surface area contributed by atoms with Crippen LogP contribution in [0.15, 0.2) is 170 Å². The highest BCUT2D eigenvalue weighted by atomic mass is 15.1. The molecule has 8 aromatic rings. The number of anilines is 3. The number of nitrogens with zero attached hydrogens (tertiary/aromatic N) is 1. The van der Waals surface area contributed by atoms with Crippen LogP contribution in [0.1, 0.15) is 65.8 Å². The Morgan fingerprint density at radius 3 is 1.75 bits per heavy atom. The van der Waals surface area contributed by atoms with Crippen LogP contribution < -0.4 is 4.90 Å². The van der Waals surface area contributed by atoms with Crippen molar-refractivity contribution in [1.29, 1.82) is 0 Å². The Hall–Kier alpha value is -5.92. The van der Waals surface area contributed by atoms with E-state index < -0.39 is 5.41 Å². The molecule has 11 rings (SSSR count). The van der Waals surface area contributed by atoms with Gasteiger partial charge in [0.2, 0.25) is 0 Å². The van der Waals surface area contributed by atoms with Gasteiger partial charge in [-0.3, -0.25) is 0 Å². The molecule has 0 saturated heterocycles. The fourth-order valence-electron chi connectivity index (χ4n) is 10.1. The van der Waals surface area contributed by atoms with Gasteiger partial charge in [-0.1, -0.05) is 141 Å². The monoisotopic (exact) mass is 665 g/mol. The summed E-state index contributed by atoms with van der Waals surface area (Å²) in [6.07, 6.45) is 6.71. The van der Waals surface area contributed by atoms with Crippen molar-refractivity contribution in [3.63, 3.8) is 0 Å². The average molecular weight is 666 g/mol. The van der Waals surface area contributed by atoms with E-state index in [2.05, 4.69) is 175 Å². The van der Waals surface area contributed by atoms with Gasteiger partial charge in [0.1, 0.15) is 0 Å². The Labute approximate surface area is 305 Å². The Morgan fingerprint density at radius 1 is 0.404 bits per heavy atom. The molecule has 0 aliphatic heterocycles. The molecule has 0 aromatic heterocycles. The topological polar surface area (TPSA) is 3.24 Å². The van der Waals surface area contributed by atoms with Gasteiger partial charge in [-0.2, -0.15) is 0 Å². The van der Waals surface area contributed by atoms with Gasteiger partial charge < -0.3 is 4.90 Å². The third-order valence-electron chi connectivity index (χ3n) is 12.4. The summed E-state index contributed by atoms with van der Waals surface area (Å²) >= 11 is 0. The van der Waals surface area contributed by atoms with Gasteiger partial charge >= 0.3 is 0 Å². The number of hydrogen-bond donors (Lipinski definition) is 0. The molecule has 1 nitrogen and oxygen atoms in total. The Morgan fingerprint density at radius 2 is 1.02 bits per heavy atom. The zero-order valence-electron chi connectivity index (χ0n) is 29.2. The molecule has 1 spiro atoms. The highest BCUT2D eigenvalue weighted by molar-refractivity contribution is 6.07. The number of fused-ring (bicyclic) bond motifs is 13. The SMILES string of the molecule is c1ccc(N(c2ccc(C3CCCCC3)cc2)c2ccc3c4c(ccc3c2)-c2cc3ccccc3cc2C42c3ccccc3-c3ccccc32)cc1. The van der Waals surface area contributed by atoms with Crippen LogP contribution in [0.2, 0.25) is 0 Å². The molecule has 3 aliphatic carbocycles. The minimum Gasteiger partial charge on any atom is -0.310 e. The van der Waals surface area contributed by atoms with Crippen LogP contribution in [0.4, 0.5) is 17.1 Å². The molecule has 1 fully saturated rings. The summed E-state index contributed by atoms with van der Waals surface area (Å²) in [4.78, 5) is 2.43. The minimum atomic E-state index is -0.406. The summed E-state index contributed by atoms with van der Waals surface area (Å²) in [5.41, 5.74) is 15.5. The molecule has 3 aliphatic rings. The second-order valence-electron chi connectivity index (χ2n) is 15.1. The lowest BCUT2D eigenvalue weighted by atomic mass is 9.69. The number of rotatable bonds is 4. The van der Waals surface area contributed by atoms with Crippen LogP contribution in [0.5, 0.6) is 0 Å². The van der Waals surface area contributed by atoms with E-state index in [0.717, 1.165) is 0 Å². The first-order valence-electron chi connectivity index (χ1n) is 19.0. The first-order chi connectivity index (χ1) is 25.8. The van der Waals surface area contributed by atoms with Crippen LogP contribution in [0.25, 0.3) is 43.8 Å². The molecule has 8 aromatic carbocycles. The molecule has 0 N–H and O–H groups in total. The molecule has 0 heterocycles. The van der Waals surface area contributed by atoms with E-state index in [-0.39, 0.29) is 0 Å². The molecule has 248 valence electrons. The second-order valence-corrected chi connectivity index (χ2v) is 15.1. The lowest BCUT2D eigenvalue weighted by molar-refractivity contribution is 0.443. The second kappa shape index (κ2) is 11.6. The molecule has 1 heteroatoms. The van der Waals surface area contributed by atoms with E-state index in [9.17, 15) is 0 Å². The van der Waals surface area contributed by atoms with Crippen molar-refractivity contribution in [3.8, 4) is 22.3 Å². The van der Waals surface area contributed by atoms with Gasteiger partial charge in [0.15, 0.2) is 0 Å². The van der Waals surface area contributed by atoms with Gasteiger partial charge in [0.25, 0.3) is 0 Å². The summed E-state index contributed by atoms with van der Waals surface area (Å²) in [5.74, 6) is 0.690. The smallest absolute Gasteiger partial charge is 0.0731 e. The van der Waals surface area contributed by atoms with E-state index in [0.29, 0.717) is 5.92 Å². The molecule has 0 radical (unpaired) electrons. The lowest BCUT2D eigenvalue weighted by Crippen LogP contribution is -2.26. The van der Waals surface area contributed by atoms with Crippen molar-refractivity contribution in [1.82, 2.24) is 0 Å². The molecule has 52 heavy (non-hydrogen) atoms. The van der Waals surface area contributed by atoms with Gasteiger partial charge in [-0.05, 0) is 139 Å². The fourth-order valence-corrected chi connectivity index (χ4v) is 10.1. The predicted octanol–water partition coefficient (Wildman–Crippen LogP) is 13.9. The number of benzene rings is 8. The van der Waals surface area contributed by atoms with E-state index in [1.54, 1.807) is 0 Å². The Bertz CT molecular complexity index is 2620. The van der Waals surface area contributed by atoms with Crippen molar-refractivity contribution in [2.45, 2.75) is 43.4 Å². The van der Waals surface area contributed by atoms with Crippen molar-refractivity contribution in [3.05, 3.63) is 198 Å². The molecule has 0 amide bonds. The molecule has 0 bridgehead atoms. The number of para-hydroxylation sites is 1. The zero-order valence-corrected chi connectivity index (χ0v) is 29.2. The van der Waals surface area contributed by atoms with Crippen molar-refractivity contribution >= 4 is 38.6 Å². The van der Waals surface area contributed by atoms with E-state index >= 15 is 0 Å². The lowest BCUT2D eigenvalue weighted by Gasteiger charge is -2.32. The van der Waals surface area contributed by atoms with Gasteiger partial charge in [0, 0.05) is 17.1 Å². The summed E-state index contributed by atoms with van der Waals surface area (Å²) in [6, 6.07) is 64.3. The maximum Gasteiger partial charge on any atom is 0.0731 e. The average Bonchev–Trinajstić information content (AvgIpc) is 3.68. The standard InChI is InChI=1S/C51H39N/c1-3-13-34(14-4-1)35-23-26-40(27-24-35)52(39-17-5-2-6-18-39)41-28-30-42-38(31-41)25-29-45-46-32-36-15-7-8-16-37(36)33-49(46)51(50(42)45)47-21-11-9-19-43(47)44-20-10-12-22-48(44)51/h2,5-12,15-34H,1,3-4,13-14H2. The predicted molar refractivity (Wildman–Crippen MR) is 218 cm³/mol. The van der Waals surface area contributed by atoms with Crippen LogP contribution in [0, 0.1) is 0 Å². The highest BCUT2D eigenvalue weighted by Crippen LogP contribution is 2.64. The third-order valence-corrected chi connectivity index (χ3v) is 12.4. The van der Waals surface area contributed by atoms with E-state index in [4.69, 9.17) is 0 Å². The zero-order chi connectivity index (χ0) is 34.2. The quantitative estimate of drug-likeness (QED) is 0.181. The van der Waals surface area contributed by atoms with Crippen LogP contribution in [0.3, 0.4) is 0 Å². The first-order valence-corrected chi connectivity index (χ1v) is 19.0. The molecule has 1 saturated carbocycles. The van der Waals surface area contributed by atoms with Gasteiger partial charge in [-0.15, -0.1) is 0 Å². The van der Waals surface area contributed by atoms with Crippen LogP contribution in [-0.2, 0) is 5.41 Å². The fraction of sp³-hybridized carbons (Fsp3) is 0.137. The largest absolute Gasteiger partial charge is 0.310 e. The van der Waals surface area contributed by atoms with E-state index in [1.165, 1.54) is 121 Å².